The summed E-state index contributed by atoms with van der Waals surface area (Å²) in [4.78, 5) is 22.4. The van der Waals surface area contributed by atoms with Gasteiger partial charge >= 0.3 is 0 Å². The number of nitrogens with two attached hydrogens (primary N) is 1. The normalized spacial score (nSPS) is 11.0. The smallest absolute Gasteiger partial charge is 0.254 e. The fourth-order valence-corrected chi connectivity index (χ4v) is 3.03. The van der Waals surface area contributed by atoms with Gasteiger partial charge in [0.25, 0.3) is 5.91 Å². The second-order valence-electron chi connectivity index (χ2n) is 6.26. The number of nitrogens with one attached hydrogen (secondary N) is 1. The Kier molecular flexibility index (Phi) is 4.33. The first-order valence-electron chi connectivity index (χ1n) is 8.79. The number of benzene rings is 1. The van der Waals surface area contributed by atoms with E-state index >= 15 is 0 Å². The minimum absolute atomic E-state index is 0.0834. The van der Waals surface area contributed by atoms with Gasteiger partial charge in [-0.1, -0.05) is 30.3 Å². The molecule has 3 aromatic heterocycles. The highest BCUT2D eigenvalue weighted by atomic mass is 16.2. The van der Waals surface area contributed by atoms with Gasteiger partial charge in [-0.25, -0.2) is 4.98 Å². The number of nitrogen functional groups attached to an aromatic ring is 1. The number of amides is 1. The summed E-state index contributed by atoms with van der Waals surface area (Å²) < 4.78 is 1.54. The molecule has 0 saturated carbocycles. The second kappa shape index (κ2) is 6.95. The van der Waals surface area contributed by atoms with E-state index in [9.17, 15) is 4.79 Å². The Bertz CT molecular complexity index is 1070. The fraction of sp³-hybridized carbons (Fsp3) is 0.150. The zero-order valence-electron chi connectivity index (χ0n) is 15.0. The number of rotatable bonds is 5. The lowest BCUT2D eigenvalue weighted by atomic mass is 10.1. The number of hydrogen-bond donors (Lipinski definition) is 2. The lowest BCUT2D eigenvalue weighted by molar-refractivity contribution is 0.0752. The van der Waals surface area contributed by atoms with Crippen LogP contribution in [0.1, 0.15) is 22.8 Å². The number of aromatic nitrogens is 4. The zero-order chi connectivity index (χ0) is 18.8. The van der Waals surface area contributed by atoms with Crippen molar-refractivity contribution in [3.05, 3.63) is 71.9 Å². The molecule has 1 amide bonds. The van der Waals surface area contributed by atoms with E-state index in [-0.39, 0.29) is 5.91 Å². The Balaban J connectivity index is 1.66. The first-order valence-corrected chi connectivity index (χ1v) is 8.79. The number of nitrogens with zero attached hydrogens (tertiary/aromatic N) is 4. The first-order chi connectivity index (χ1) is 13.2. The van der Waals surface area contributed by atoms with Gasteiger partial charge in [-0.05, 0) is 36.8 Å². The molecule has 1 aromatic carbocycles. The molecule has 7 nitrogen and oxygen atoms in total. The summed E-state index contributed by atoms with van der Waals surface area (Å²) in [5.41, 5.74) is 9.06. The molecule has 0 unspecified atom stereocenters. The third-order valence-corrected chi connectivity index (χ3v) is 4.44. The summed E-state index contributed by atoms with van der Waals surface area (Å²) in [5, 5.41) is 4.41. The van der Waals surface area contributed by atoms with E-state index in [1.54, 1.807) is 21.5 Å². The number of H-pyrrole nitrogens is 1. The fourth-order valence-electron chi connectivity index (χ4n) is 3.03. The van der Waals surface area contributed by atoms with E-state index in [0.717, 1.165) is 11.3 Å². The van der Waals surface area contributed by atoms with Crippen molar-refractivity contribution in [3.63, 3.8) is 0 Å². The van der Waals surface area contributed by atoms with E-state index in [1.807, 2.05) is 55.6 Å². The molecule has 0 atom stereocenters. The molecule has 0 aliphatic rings. The summed E-state index contributed by atoms with van der Waals surface area (Å²) >= 11 is 0. The number of fused-ring (bicyclic) bond motifs is 1. The molecule has 0 saturated heterocycles. The van der Waals surface area contributed by atoms with Crippen molar-refractivity contribution in [2.75, 3.05) is 12.3 Å². The number of carbonyl (C=O) groups is 1. The molecule has 136 valence electrons. The van der Waals surface area contributed by atoms with Gasteiger partial charge in [-0.3, -0.25) is 4.79 Å². The third-order valence-electron chi connectivity index (χ3n) is 4.44. The molecule has 0 fully saturated rings. The van der Waals surface area contributed by atoms with Crippen LogP contribution in [0.2, 0.25) is 0 Å². The van der Waals surface area contributed by atoms with Gasteiger partial charge in [0.05, 0.1) is 5.69 Å². The van der Waals surface area contributed by atoms with Crippen molar-refractivity contribution < 1.29 is 4.79 Å². The summed E-state index contributed by atoms with van der Waals surface area (Å²) in [7, 11) is 0. The largest absolute Gasteiger partial charge is 0.384 e. The average molecular weight is 360 g/mol. The molecule has 0 aliphatic carbocycles. The zero-order valence-corrected chi connectivity index (χ0v) is 15.0. The molecule has 27 heavy (non-hydrogen) atoms. The number of hydrogen-bond acceptors (Lipinski definition) is 4. The highest BCUT2D eigenvalue weighted by Gasteiger charge is 2.18. The second-order valence-corrected chi connectivity index (χ2v) is 6.26. The molecule has 0 radical (unpaired) electrons. The van der Waals surface area contributed by atoms with Crippen LogP contribution in [0.5, 0.6) is 0 Å². The van der Waals surface area contributed by atoms with Crippen LogP contribution >= 0.6 is 0 Å². The van der Waals surface area contributed by atoms with Crippen molar-refractivity contribution in [1.82, 2.24) is 24.5 Å². The molecule has 0 spiro atoms. The number of carbonyl (C=O) groups excluding carboxylic acids is 1. The molecular weight excluding hydrogens is 340 g/mol. The van der Waals surface area contributed by atoms with Gasteiger partial charge in [0.15, 0.2) is 11.5 Å². The van der Waals surface area contributed by atoms with E-state index in [1.165, 1.54) is 0 Å². The maximum atomic E-state index is 13.0. The molecule has 0 bridgehead atoms. The van der Waals surface area contributed by atoms with Crippen LogP contribution in [-0.2, 0) is 6.54 Å². The molecule has 3 N–H and O–H groups in total. The predicted molar refractivity (Wildman–Crippen MR) is 104 cm³/mol. The summed E-state index contributed by atoms with van der Waals surface area (Å²) in [5.74, 6) is 0.824. The molecule has 0 aliphatic heterocycles. The lowest BCUT2D eigenvalue weighted by Crippen LogP contribution is -2.30. The standard InChI is InChI=1S/C20H20N6O/c1-2-25(13-14-7-4-3-5-8-14)20(27)15-11-17(21)26-18(12-15)23-19(24-26)16-9-6-10-22-16/h3-12,22H,2,13,21H2,1H3. The molecule has 4 aromatic rings. The van der Waals surface area contributed by atoms with E-state index in [4.69, 9.17) is 5.73 Å². The van der Waals surface area contributed by atoms with Crippen molar-refractivity contribution in [3.8, 4) is 11.5 Å². The van der Waals surface area contributed by atoms with Crippen molar-refractivity contribution >= 4 is 17.4 Å². The van der Waals surface area contributed by atoms with Crippen molar-refractivity contribution in [2.45, 2.75) is 13.5 Å². The Morgan fingerprint density at radius 3 is 2.70 bits per heavy atom. The van der Waals surface area contributed by atoms with Crippen molar-refractivity contribution in [2.24, 2.45) is 0 Å². The molecule has 3 heterocycles. The van der Waals surface area contributed by atoms with Gasteiger partial charge in [-0.2, -0.15) is 4.52 Å². The molecule has 4 rings (SSSR count). The Labute approximate surface area is 156 Å². The number of anilines is 1. The topological polar surface area (TPSA) is 92.3 Å². The SMILES string of the molecule is CCN(Cc1ccccc1)C(=O)c1cc(N)n2nc(-c3ccc[nH]3)nc2c1. The summed E-state index contributed by atoms with van der Waals surface area (Å²) in [6.45, 7) is 3.10. The minimum Gasteiger partial charge on any atom is -0.384 e. The number of aromatic amines is 1. The van der Waals surface area contributed by atoms with E-state index in [0.29, 0.717) is 35.9 Å². The van der Waals surface area contributed by atoms with Gasteiger partial charge in [0.1, 0.15) is 5.82 Å². The molecular formula is C20H20N6O. The van der Waals surface area contributed by atoms with Crippen LogP contribution < -0.4 is 5.73 Å². The van der Waals surface area contributed by atoms with Crippen LogP contribution in [0.4, 0.5) is 5.82 Å². The van der Waals surface area contributed by atoms with E-state index < -0.39 is 0 Å². The highest BCUT2D eigenvalue weighted by molar-refractivity contribution is 5.96. The van der Waals surface area contributed by atoms with Gasteiger partial charge in [0, 0.05) is 24.8 Å². The minimum atomic E-state index is -0.0834. The van der Waals surface area contributed by atoms with E-state index in [2.05, 4.69) is 15.1 Å². The summed E-state index contributed by atoms with van der Waals surface area (Å²) in [6, 6.07) is 17.1. The summed E-state index contributed by atoms with van der Waals surface area (Å²) in [6.07, 6.45) is 1.81. The monoisotopic (exact) mass is 360 g/mol. The Hall–Kier alpha value is -3.61. The van der Waals surface area contributed by atoms with Crippen LogP contribution in [-0.4, -0.2) is 36.9 Å². The Morgan fingerprint density at radius 2 is 2.00 bits per heavy atom. The van der Waals surface area contributed by atoms with Gasteiger partial charge < -0.3 is 15.6 Å². The van der Waals surface area contributed by atoms with Crippen LogP contribution in [0.25, 0.3) is 17.2 Å². The first kappa shape index (κ1) is 16.8. The van der Waals surface area contributed by atoms with Crippen molar-refractivity contribution in [1.29, 1.82) is 0 Å². The van der Waals surface area contributed by atoms with Gasteiger partial charge in [-0.15, -0.1) is 5.10 Å². The maximum Gasteiger partial charge on any atom is 0.254 e. The lowest BCUT2D eigenvalue weighted by Gasteiger charge is -2.21. The highest BCUT2D eigenvalue weighted by Crippen LogP contribution is 2.19. The number of pyridine rings is 1. The van der Waals surface area contributed by atoms with Crippen LogP contribution in [0.3, 0.4) is 0 Å². The van der Waals surface area contributed by atoms with Crippen LogP contribution in [0, 0.1) is 0 Å². The predicted octanol–water partition coefficient (Wildman–Crippen LogP) is 2.97. The molecule has 7 heteroatoms. The Morgan fingerprint density at radius 1 is 1.19 bits per heavy atom. The maximum absolute atomic E-state index is 13.0. The van der Waals surface area contributed by atoms with Gasteiger partial charge in [0.2, 0.25) is 0 Å². The average Bonchev–Trinajstić information content (AvgIpc) is 3.36. The quantitative estimate of drug-likeness (QED) is 0.572. The van der Waals surface area contributed by atoms with Crippen LogP contribution in [0.15, 0.2) is 60.8 Å². The third kappa shape index (κ3) is 3.27.